The minimum absolute atomic E-state index is 0.221. The number of rotatable bonds is 6. The van der Waals surface area contributed by atoms with Crippen LogP contribution in [0.25, 0.3) is 11.0 Å². The predicted octanol–water partition coefficient (Wildman–Crippen LogP) is 3.95. The number of fused-ring (bicyclic) bond motifs is 2. The van der Waals surface area contributed by atoms with Gasteiger partial charge in [-0.15, -0.1) is 11.3 Å². The van der Waals surface area contributed by atoms with Gasteiger partial charge in [0.1, 0.15) is 16.1 Å². The van der Waals surface area contributed by atoms with E-state index in [1.54, 1.807) is 31.2 Å². The van der Waals surface area contributed by atoms with Gasteiger partial charge in [0.2, 0.25) is 0 Å². The van der Waals surface area contributed by atoms with E-state index in [1.165, 1.54) is 17.4 Å². The first kappa shape index (κ1) is 22.7. The van der Waals surface area contributed by atoms with Gasteiger partial charge in [0, 0.05) is 10.3 Å². The van der Waals surface area contributed by atoms with Crippen LogP contribution in [-0.2, 0) is 27.1 Å². The van der Waals surface area contributed by atoms with Gasteiger partial charge in [0.15, 0.2) is 6.61 Å². The van der Waals surface area contributed by atoms with Crippen LogP contribution in [0.5, 0.6) is 0 Å². The van der Waals surface area contributed by atoms with Gasteiger partial charge in [-0.1, -0.05) is 25.1 Å². The van der Waals surface area contributed by atoms with Crippen LogP contribution in [0, 0.1) is 5.92 Å². The molecule has 8 nitrogen and oxygen atoms in total. The maximum absolute atomic E-state index is 12.6. The fourth-order valence-corrected chi connectivity index (χ4v) is 5.25. The van der Waals surface area contributed by atoms with E-state index >= 15 is 0 Å². The molecular weight excluding hydrogens is 446 g/mol. The molecule has 1 amide bonds. The van der Waals surface area contributed by atoms with Gasteiger partial charge >= 0.3 is 17.6 Å². The van der Waals surface area contributed by atoms with Crippen molar-refractivity contribution >= 4 is 45.2 Å². The van der Waals surface area contributed by atoms with Crippen molar-refractivity contribution in [3.05, 3.63) is 62.3 Å². The summed E-state index contributed by atoms with van der Waals surface area (Å²) in [5.41, 5.74) is 0.494. The maximum Gasteiger partial charge on any atom is 0.351 e. The lowest BCUT2D eigenvalue weighted by molar-refractivity contribution is -0.119. The molecule has 33 heavy (non-hydrogen) atoms. The van der Waals surface area contributed by atoms with Crippen LogP contribution in [0.1, 0.15) is 51.4 Å². The first-order valence-corrected chi connectivity index (χ1v) is 11.5. The zero-order valence-corrected chi connectivity index (χ0v) is 19.1. The van der Waals surface area contributed by atoms with Crippen molar-refractivity contribution < 1.29 is 28.3 Å². The molecule has 0 spiro atoms. The standard InChI is InChI=1S/C24H23NO7S/c1-3-30-24(29)20-15-9-8-13(2)10-18(15)33-21(20)25-19(26)12-31-22(27)16-11-14-6-4-5-7-17(14)32-23(16)28/h4-7,11,13H,3,8-10,12H2,1-2H3,(H,25,26). The molecule has 9 heteroatoms. The van der Waals surface area contributed by atoms with Gasteiger partial charge in [-0.05, 0) is 49.8 Å². The van der Waals surface area contributed by atoms with Crippen LogP contribution in [0.3, 0.4) is 0 Å². The Hall–Kier alpha value is -3.46. The lowest BCUT2D eigenvalue weighted by Crippen LogP contribution is -2.24. The third-order valence-corrected chi connectivity index (χ3v) is 6.61. The van der Waals surface area contributed by atoms with E-state index in [-0.39, 0.29) is 12.2 Å². The molecule has 2 heterocycles. The molecule has 2 aromatic heterocycles. The van der Waals surface area contributed by atoms with Crippen molar-refractivity contribution in [3.8, 4) is 0 Å². The fraction of sp³-hybridized carbons (Fsp3) is 0.333. The number of nitrogens with one attached hydrogen (secondary N) is 1. The first-order valence-electron chi connectivity index (χ1n) is 10.7. The Labute approximate surface area is 193 Å². The summed E-state index contributed by atoms with van der Waals surface area (Å²) in [6.07, 6.45) is 2.52. The highest BCUT2D eigenvalue weighted by molar-refractivity contribution is 7.17. The van der Waals surface area contributed by atoms with E-state index < -0.39 is 30.1 Å². The molecule has 0 aliphatic heterocycles. The van der Waals surface area contributed by atoms with Crippen molar-refractivity contribution in [2.75, 3.05) is 18.5 Å². The normalized spacial score (nSPS) is 15.0. The number of carbonyl (C=O) groups is 3. The topological polar surface area (TPSA) is 112 Å². The monoisotopic (exact) mass is 469 g/mol. The van der Waals surface area contributed by atoms with E-state index in [0.717, 1.165) is 29.7 Å². The molecular formula is C24H23NO7S. The second kappa shape index (κ2) is 9.58. The first-order chi connectivity index (χ1) is 15.9. The molecule has 0 fully saturated rings. The van der Waals surface area contributed by atoms with Crippen molar-refractivity contribution in [2.45, 2.75) is 33.1 Å². The van der Waals surface area contributed by atoms with Gasteiger partial charge in [-0.3, -0.25) is 4.79 Å². The molecule has 1 unspecified atom stereocenters. The van der Waals surface area contributed by atoms with E-state index in [2.05, 4.69) is 12.2 Å². The van der Waals surface area contributed by atoms with E-state index in [1.807, 2.05) is 0 Å². The largest absolute Gasteiger partial charge is 0.462 e. The number of benzene rings is 1. The Bertz CT molecular complexity index is 1290. The highest BCUT2D eigenvalue weighted by Gasteiger charge is 2.29. The van der Waals surface area contributed by atoms with Crippen molar-refractivity contribution in [1.29, 1.82) is 0 Å². The molecule has 1 atom stereocenters. The Balaban J connectivity index is 1.48. The molecule has 1 aliphatic rings. The fourth-order valence-electron chi connectivity index (χ4n) is 3.83. The predicted molar refractivity (Wildman–Crippen MR) is 123 cm³/mol. The summed E-state index contributed by atoms with van der Waals surface area (Å²) in [7, 11) is 0. The minimum Gasteiger partial charge on any atom is -0.462 e. The van der Waals surface area contributed by atoms with Crippen LogP contribution >= 0.6 is 11.3 Å². The van der Waals surface area contributed by atoms with E-state index in [4.69, 9.17) is 13.9 Å². The third kappa shape index (κ3) is 4.83. The Morgan fingerprint density at radius 2 is 1.97 bits per heavy atom. The van der Waals surface area contributed by atoms with Crippen LogP contribution in [-0.4, -0.2) is 31.1 Å². The van der Waals surface area contributed by atoms with E-state index in [9.17, 15) is 19.2 Å². The molecule has 0 bridgehead atoms. The molecule has 1 aromatic carbocycles. The quantitative estimate of drug-likeness (QED) is 0.430. The van der Waals surface area contributed by atoms with Gasteiger partial charge in [-0.2, -0.15) is 0 Å². The van der Waals surface area contributed by atoms with Crippen LogP contribution < -0.4 is 10.9 Å². The van der Waals surface area contributed by atoms with Crippen LogP contribution in [0.15, 0.2) is 39.5 Å². The molecule has 4 rings (SSSR count). The minimum atomic E-state index is -0.963. The summed E-state index contributed by atoms with van der Waals surface area (Å²) in [6, 6.07) is 8.13. The van der Waals surface area contributed by atoms with Crippen LogP contribution in [0.2, 0.25) is 0 Å². The zero-order chi connectivity index (χ0) is 23.5. The summed E-state index contributed by atoms with van der Waals surface area (Å²) in [5, 5.41) is 3.62. The Morgan fingerprint density at radius 3 is 2.76 bits per heavy atom. The maximum atomic E-state index is 12.6. The molecule has 0 saturated heterocycles. The average Bonchev–Trinajstić information content (AvgIpc) is 3.13. The molecule has 3 aromatic rings. The Morgan fingerprint density at radius 1 is 1.18 bits per heavy atom. The average molecular weight is 470 g/mol. The molecule has 1 aliphatic carbocycles. The Kier molecular flexibility index (Phi) is 6.60. The second-order valence-electron chi connectivity index (χ2n) is 7.89. The number of hydrogen-bond donors (Lipinski definition) is 1. The molecule has 172 valence electrons. The second-order valence-corrected chi connectivity index (χ2v) is 8.99. The lowest BCUT2D eigenvalue weighted by atomic mass is 9.88. The smallest absolute Gasteiger partial charge is 0.351 e. The number of hydrogen-bond acceptors (Lipinski definition) is 8. The SMILES string of the molecule is CCOC(=O)c1c(NC(=O)COC(=O)c2cc3ccccc3oc2=O)sc2c1CCC(C)C2. The number of esters is 2. The van der Waals surface area contributed by atoms with Crippen molar-refractivity contribution in [1.82, 2.24) is 0 Å². The van der Waals surface area contributed by atoms with Crippen LogP contribution in [0.4, 0.5) is 5.00 Å². The lowest BCUT2D eigenvalue weighted by Gasteiger charge is -2.18. The van der Waals surface area contributed by atoms with Gasteiger partial charge in [0.05, 0.1) is 12.2 Å². The summed E-state index contributed by atoms with van der Waals surface area (Å²) < 4.78 is 15.4. The molecule has 1 N–H and O–H groups in total. The molecule has 0 radical (unpaired) electrons. The van der Waals surface area contributed by atoms with Crippen molar-refractivity contribution in [2.24, 2.45) is 5.92 Å². The summed E-state index contributed by atoms with van der Waals surface area (Å²) >= 11 is 1.34. The number of carbonyl (C=O) groups excluding carboxylic acids is 3. The highest BCUT2D eigenvalue weighted by Crippen LogP contribution is 2.40. The summed E-state index contributed by atoms with van der Waals surface area (Å²) in [4.78, 5) is 50.6. The number of thiophene rings is 1. The van der Waals surface area contributed by atoms with Gasteiger partial charge < -0.3 is 19.2 Å². The number of para-hydroxylation sites is 1. The summed E-state index contributed by atoms with van der Waals surface area (Å²) in [5.74, 6) is -1.57. The highest BCUT2D eigenvalue weighted by atomic mass is 32.1. The summed E-state index contributed by atoms with van der Waals surface area (Å²) in [6.45, 7) is 3.47. The molecule has 0 saturated carbocycles. The van der Waals surface area contributed by atoms with Gasteiger partial charge in [0.25, 0.3) is 5.91 Å². The zero-order valence-electron chi connectivity index (χ0n) is 18.3. The number of anilines is 1. The van der Waals surface area contributed by atoms with Gasteiger partial charge in [-0.25, -0.2) is 14.4 Å². The van der Waals surface area contributed by atoms with E-state index in [0.29, 0.717) is 27.5 Å². The number of ether oxygens (including phenoxy) is 2. The van der Waals surface area contributed by atoms with Crippen molar-refractivity contribution in [3.63, 3.8) is 0 Å². The third-order valence-electron chi connectivity index (χ3n) is 5.44. The number of amides is 1.